The van der Waals surface area contributed by atoms with Crippen LogP contribution >= 0.6 is 11.6 Å². The van der Waals surface area contributed by atoms with Crippen LogP contribution in [0.25, 0.3) is 5.69 Å². The van der Waals surface area contributed by atoms with Gasteiger partial charge in [-0.25, -0.2) is 14.1 Å². The number of hydrogen-bond acceptors (Lipinski definition) is 4. The van der Waals surface area contributed by atoms with Crippen LogP contribution in [0.2, 0.25) is 5.02 Å². The monoisotopic (exact) mass is 387 g/mol. The second kappa shape index (κ2) is 8.41. The third-order valence-corrected chi connectivity index (χ3v) is 3.96. The highest BCUT2D eigenvalue weighted by molar-refractivity contribution is 6.33. The van der Waals surface area contributed by atoms with Gasteiger partial charge < -0.3 is 10.6 Å². The van der Waals surface area contributed by atoms with Gasteiger partial charge in [0.25, 0.3) is 5.91 Å². The van der Waals surface area contributed by atoms with Gasteiger partial charge in [-0.1, -0.05) is 11.6 Å². The van der Waals surface area contributed by atoms with Crippen LogP contribution in [0.4, 0.5) is 10.1 Å². The van der Waals surface area contributed by atoms with E-state index >= 15 is 0 Å². The summed E-state index contributed by atoms with van der Waals surface area (Å²) < 4.78 is 14.6. The molecule has 2 N–H and O–H groups in total. The van der Waals surface area contributed by atoms with Crippen molar-refractivity contribution in [2.75, 3.05) is 11.9 Å². The summed E-state index contributed by atoms with van der Waals surface area (Å²) >= 11 is 5.83. The summed E-state index contributed by atoms with van der Waals surface area (Å²) in [6, 6.07) is 10.6. The summed E-state index contributed by atoms with van der Waals surface area (Å²) in [7, 11) is 0. The second-order valence-corrected chi connectivity index (χ2v) is 5.97. The molecule has 0 bridgehead atoms. The van der Waals surface area contributed by atoms with Gasteiger partial charge in [0.1, 0.15) is 18.5 Å². The minimum Gasteiger partial charge on any atom is -0.351 e. The average molecular weight is 388 g/mol. The fourth-order valence-electron chi connectivity index (χ4n) is 2.32. The van der Waals surface area contributed by atoms with E-state index in [-0.39, 0.29) is 29.5 Å². The molecule has 2 aromatic carbocycles. The van der Waals surface area contributed by atoms with Gasteiger partial charge >= 0.3 is 0 Å². The van der Waals surface area contributed by atoms with Crippen molar-refractivity contribution in [1.29, 1.82) is 0 Å². The number of carbonyl (C=O) groups excluding carboxylic acids is 2. The molecule has 0 radical (unpaired) electrons. The van der Waals surface area contributed by atoms with E-state index in [0.29, 0.717) is 5.69 Å². The smallest absolute Gasteiger partial charge is 0.252 e. The Balaban J connectivity index is 1.47. The largest absolute Gasteiger partial charge is 0.351 e. The van der Waals surface area contributed by atoms with Crippen molar-refractivity contribution in [2.24, 2.45) is 0 Å². The third kappa shape index (κ3) is 4.89. The van der Waals surface area contributed by atoms with Crippen molar-refractivity contribution in [3.05, 3.63) is 71.5 Å². The van der Waals surface area contributed by atoms with Crippen LogP contribution in [0.1, 0.15) is 16.8 Å². The van der Waals surface area contributed by atoms with Crippen LogP contribution in [0, 0.1) is 5.82 Å². The number of rotatable bonds is 6. The molecule has 138 valence electrons. The summed E-state index contributed by atoms with van der Waals surface area (Å²) in [5, 5.41) is 9.35. The molecule has 0 saturated carbocycles. The molecule has 2 amide bonds. The van der Waals surface area contributed by atoms with Crippen LogP contribution in [-0.2, 0) is 4.79 Å². The maximum Gasteiger partial charge on any atom is 0.252 e. The quantitative estimate of drug-likeness (QED) is 0.680. The first-order valence-electron chi connectivity index (χ1n) is 8.01. The molecule has 1 heterocycles. The summed E-state index contributed by atoms with van der Waals surface area (Å²) in [5.74, 6) is -1.25. The average Bonchev–Trinajstić information content (AvgIpc) is 3.17. The van der Waals surface area contributed by atoms with Gasteiger partial charge in [-0.3, -0.25) is 9.59 Å². The predicted molar refractivity (Wildman–Crippen MR) is 98.3 cm³/mol. The van der Waals surface area contributed by atoms with Crippen LogP contribution in [0.5, 0.6) is 0 Å². The Morgan fingerprint density at radius 1 is 1.15 bits per heavy atom. The molecule has 3 rings (SSSR count). The first kappa shape index (κ1) is 18.5. The summed E-state index contributed by atoms with van der Waals surface area (Å²) in [4.78, 5) is 27.9. The number of nitrogens with one attached hydrogen (secondary N) is 2. The maximum atomic E-state index is 13.0. The van der Waals surface area contributed by atoms with Crippen molar-refractivity contribution in [3.8, 4) is 5.69 Å². The summed E-state index contributed by atoms with van der Waals surface area (Å²) in [6.07, 6.45) is 3.09. The van der Waals surface area contributed by atoms with Gasteiger partial charge in [-0.15, -0.1) is 0 Å². The van der Waals surface area contributed by atoms with Crippen LogP contribution < -0.4 is 10.6 Å². The number of nitrogens with zero attached hydrogens (tertiary/aromatic N) is 3. The van der Waals surface area contributed by atoms with Crippen molar-refractivity contribution in [1.82, 2.24) is 20.1 Å². The summed E-state index contributed by atoms with van der Waals surface area (Å²) in [6.45, 7) is 0.120. The molecule has 0 unspecified atom stereocenters. The molecular weight excluding hydrogens is 373 g/mol. The van der Waals surface area contributed by atoms with E-state index in [9.17, 15) is 14.0 Å². The second-order valence-electron chi connectivity index (χ2n) is 5.57. The van der Waals surface area contributed by atoms with E-state index in [4.69, 9.17) is 11.6 Å². The number of hydrogen-bond donors (Lipinski definition) is 2. The van der Waals surface area contributed by atoms with Gasteiger partial charge in [0.15, 0.2) is 0 Å². The lowest BCUT2D eigenvalue weighted by Gasteiger charge is -2.08. The first-order chi connectivity index (χ1) is 13.0. The van der Waals surface area contributed by atoms with Crippen molar-refractivity contribution in [3.63, 3.8) is 0 Å². The van der Waals surface area contributed by atoms with Gasteiger partial charge in [0.2, 0.25) is 5.91 Å². The van der Waals surface area contributed by atoms with Gasteiger partial charge in [0, 0.05) is 18.7 Å². The Morgan fingerprint density at radius 3 is 2.59 bits per heavy atom. The van der Waals surface area contributed by atoms with E-state index in [1.54, 1.807) is 35.3 Å². The molecule has 3 aromatic rings. The van der Waals surface area contributed by atoms with Crippen LogP contribution in [-0.4, -0.2) is 33.1 Å². The molecule has 7 nitrogen and oxygen atoms in total. The van der Waals surface area contributed by atoms with Crippen LogP contribution in [0.3, 0.4) is 0 Å². The molecular formula is C18H15ClFN5O2. The topological polar surface area (TPSA) is 88.9 Å². The first-order valence-corrected chi connectivity index (χ1v) is 8.39. The zero-order chi connectivity index (χ0) is 19.2. The van der Waals surface area contributed by atoms with Crippen molar-refractivity contribution >= 4 is 29.1 Å². The number of halogens is 2. The molecule has 0 atom stereocenters. The highest BCUT2D eigenvalue weighted by atomic mass is 35.5. The molecule has 9 heteroatoms. The van der Waals surface area contributed by atoms with Crippen LogP contribution in [0.15, 0.2) is 55.1 Å². The third-order valence-electron chi connectivity index (χ3n) is 3.65. The molecule has 0 aliphatic heterocycles. The lowest BCUT2D eigenvalue weighted by molar-refractivity contribution is -0.116. The zero-order valence-electron chi connectivity index (χ0n) is 14.0. The van der Waals surface area contributed by atoms with E-state index in [0.717, 1.165) is 17.8 Å². The highest BCUT2D eigenvalue weighted by Gasteiger charge is 2.11. The number of benzene rings is 2. The molecule has 0 aliphatic rings. The Labute approximate surface area is 159 Å². The molecule has 27 heavy (non-hydrogen) atoms. The van der Waals surface area contributed by atoms with Gasteiger partial charge in [0.05, 0.1) is 16.3 Å². The minimum absolute atomic E-state index is 0.0180. The normalized spacial score (nSPS) is 10.4. The number of carbonyl (C=O) groups is 2. The lowest BCUT2D eigenvalue weighted by atomic mass is 10.2. The van der Waals surface area contributed by atoms with E-state index in [2.05, 4.69) is 20.7 Å². The summed E-state index contributed by atoms with van der Waals surface area (Å²) in [5.41, 5.74) is 1.59. The van der Waals surface area contributed by atoms with Gasteiger partial charge in [-0.05, 0) is 42.5 Å². The van der Waals surface area contributed by atoms with E-state index in [1.165, 1.54) is 12.4 Å². The Kier molecular flexibility index (Phi) is 5.77. The SMILES string of the molecule is O=C(CCNC(=O)c1ccc(F)cc1Cl)Nc1ccc(-n2cncn2)cc1. The lowest BCUT2D eigenvalue weighted by Crippen LogP contribution is -2.27. The molecule has 0 spiro atoms. The number of aromatic nitrogens is 3. The highest BCUT2D eigenvalue weighted by Crippen LogP contribution is 2.17. The molecule has 0 fully saturated rings. The standard InChI is InChI=1S/C18H15ClFN5O2/c19-16-9-12(20)1-6-15(16)18(27)22-8-7-17(26)24-13-2-4-14(5-3-13)25-11-21-10-23-25/h1-6,9-11H,7-8H2,(H,22,27)(H,24,26). The van der Waals surface area contributed by atoms with Gasteiger partial charge in [-0.2, -0.15) is 5.10 Å². The predicted octanol–water partition coefficient (Wildman–Crippen LogP) is 2.82. The molecule has 0 aliphatic carbocycles. The van der Waals surface area contributed by atoms with Crippen molar-refractivity contribution < 1.29 is 14.0 Å². The maximum absolute atomic E-state index is 13.0. The van der Waals surface area contributed by atoms with E-state index in [1.807, 2.05) is 0 Å². The molecule has 0 saturated heterocycles. The number of anilines is 1. The Hall–Kier alpha value is -3.26. The zero-order valence-corrected chi connectivity index (χ0v) is 14.8. The number of amides is 2. The fraction of sp³-hybridized carbons (Fsp3) is 0.111. The minimum atomic E-state index is -0.522. The van der Waals surface area contributed by atoms with E-state index < -0.39 is 11.7 Å². The Bertz CT molecular complexity index is 945. The fourth-order valence-corrected chi connectivity index (χ4v) is 2.57. The molecule has 1 aromatic heterocycles. The van der Waals surface area contributed by atoms with Crippen molar-refractivity contribution in [2.45, 2.75) is 6.42 Å². The Morgan fingerprint density at radius 2 is 1.93 bits per heavy atom.